The summed E-state index contributed by atoms with van der Waals surface area (Å²) in [6, 6.07) is 16.2. The van der Waals surface area contributed by atoms with Gasteiger partial charge in [0.2, 0.25) is 0 Å². The van der Waals surface area contributed by atoms with Gasteiger partial charge in [-0.05, 0) is 25.5 Å². The lowest BCUT2D eigenvalue weighted by atomic mass is 10.2. The molecule has 2 rings (SSSR count). The van der Waals surface area contributed by atoms with Crippen LogP contribution >= 0.6 is 0 Å². The first-order chi connectivity index (χ1) is 9.54. The molecule has 0 saturated heterocycles. The van der Waals surface area contributed by atoms with Crippen molar-refractivity contribution in [1.82, 2.24) is 0 Å². The van der Waals surface area contributed by atoms with Crippen LogP contribution in [0.3, 0.4) is 0 Å². The molecule has 0 unspecified atom stereocenters. The van der Waals surface area contributed by atoms with E-state index in [1.807, 2.05) is 38.1 Å². The second kappa shape index (κ2) is 6.33. The van der Waals surface area contributed by atoms with Crippen LogP contribution in [0.2, 0.25) is 0 Å². The number of nitrogen functional groups attached to an aromatic ring is 1. The fourth-order valence-electron chi connectivity index (χ4n) is 2.11. The van der Waals surface area contributed by atoms with Crippen LogP contribution in [0.25, 0.3) is 0 Å². The molecule has 0 spiro atoms. The van der Waals surface area contributed by atoms with Gasteiger partial charge in [-0.3, -0.25) is 0 Å². The Hall–Kier alpha value is -2.16. The molecule has 0 atom stereocenters. The van der Waals surface area contributed by atoms with Gasteiger partial charge in [-0.2, -0.15) is 0 Å². The summed E-state index contributed by atoms with van der Waals surface area (Å²) in [4.78, 5) is 2.17. The van der Waals surface area contributed by atoms with Crippen LogP contribution in [0.1, 0.15) is 19.4 Å². The van der Waals surface area contributed by atoms with E-state index in [0.717, 1.165) is 23.7 Å². The van der Waals surface area contributed by atoms with Gasteiger partial charge in [0.05, 0.1) is 6.10 Å². The zero-order valence-corrected chi connectivity index (χ0v) is 12.3. The van der Waals surface area contributed by atoms with E-state index in [9.17, 15) is 0 Å². The molecule has 0 aliphatic carbocycles. The Morgan fingerprint density at radius 3 is 2.45 bits per heavy atom. The third kappa shape index (κ3) is 3.92. The minimum absolute atomic E-state index is 0.143. The molecule has 0 amide bonds. The summed E-state index contributed by atoms with van der Waals surface area (Å²) in [7, 11) is 2.06. The van der Waals surface area contributed by atoms with Crippen molar-refractivity contribution >= 4 is 11.4 Å². The van der Waals surface area contributed by atoms with Crippen molar-refractivity contribution in [3.63, 3.8) is 0 Å². The van der Waals surface area contributed by atoms with Gasteiger partial charge in [0.15, 0.2) is 0 Å². The Labute approximate surface area is 121 Å². The number of nitrogens with two attached hydrogens (primary N) is 1. The van der Waals surface area contributed by atoms with Crippen LogP contribution in [0.5, 0.6) is 5.75 Å². The van der Waals surface area contributed by atoms with Crippen LogP contribution in [-0.4, -0.2) is 13.2 Å². The van der Waals surface area contributed by atoms with Crippen LogP contribution in [-0.2, 0) is 6.54 Å². The highest BCUT2D eigenvalue weighted by molar-refractivity contribution is 5.60. The van der Waals surface area contributed by atoms with Gasteiger partial charge in [0, 0.05) is 37.1 Å². The van der Waals surface area contributed by atoms with Crippen LogP contribution < -0.4 is 15.4 Å². The van der Waals surface area contributed by atoms with E-state index < -0.39 is 0 Å². The van der Waals surface area contributed by atoms with Crippen molar-refractivity contribution in [2.75, 3.05) is 17.7 Å². The molecule has 3 nitrogen and oxygen atoms in total. The maximum Gasteiger partial charge on any atom is 0.123 e. The standard InChI is InChI=1S/C17H22N2O/c1-13(2)20-17-10-15(18)9-16(11-17)19(3)12-14-7-5-4-6-8-14/h4-11,13H,12,18H2,1-3H3. The summed E-state index contributed by atoms with van der Waals surface area (Å²) >= 11 is 0. The normalized spacial score (nSPS) is 10.6. The Kier molecular flexibility index (Phi) is 4.51. The lowest BCUT2D eigenvalue weighted by molar-refractivity contribution is 0.242. The molecule has 0 aliphatic heterocycles. The molecule has 0 saturated carbocycles. The maximum atomic E-state index is 5.96. The highest BCUT2D eigenvalue weighted by atomic mass is 16.5. The van der Waals surface area contributed by atoms with Gasteiger partial charge in [0.1, 0.15) is 5.75 Å². The SMILES string of the molecule is CC(C)Oc1cc(N)cc(N(C)Cc2ccccc2)c1. The van der Waals surface area contributed by atoms with Crippen LogP contribution in [0.4, 0.5) is 11.4 Å². The van der Waals surface area contributed by atoms with E-state index in [2.05, 4.69) is 36.2 Å². The third-order valence-electron chi connectivity index (χ3n) is 2.99. The van der Waals surface area contributed by atoms with Gasteiger partial charge < -0.3 is 15.4 Å². The van der Waals surface area contributed by atoms with Gasteiger partial charge in [-0.25, -0.2) is 0 Å². The second-order valence-corrected chi connectivity index (χ2v) is 5.27. The first kappa shape index (κ1) is 14.3. The van der Waals surface area contributed by atoms with Gasteiger partial charge in [-0.15, -0.1) is 0 Å². The van der Waals surface area contributed by atoms with Crippen LogP contribution in [0.15, 0.2) is 48.5 Å². The Morgan fingerprint density at radius 1 is 1.10 bits per heavy atom. The number of hydrogen-bond acceptors (Lipinski definition) is 3. The molecule has 3 heteroatoms. The lowest BCUT2D eigenvalue weighted by Gasteiger charge is -2.21. The summed E-state index contributed by atoms with van der Waals surface area (Å²) in [5.74, 6) is 0.815. The predicted molar refractivity (Wildman–Crippen MR) is 85.2 cm³/mol. The third-order valence-corrected chi connectivity index (χ3v) is 2.99. The van der Waals surface area contributed by atoms with Crippen molar-refractivity contribution in [3.05, 3.63) is 54.1 Å². The molecule has 2 aromatic rings. The zero-order valence-electron chi connectivity index (χ0n) is 12.3. The summed E-state index contributed by atoms with van der Waals surface area (Å²) in [5.41, 5.74) is 9.01. The van der Waals surface area contributed by atoms with E-state index in [1.54, 1.807) is 0 Å². The molecule has 0 aromatic heterocycles. The molecule has 106 valence electrons. The largest absolute Gasteiger partial charge is 0.491 e. The average molecular weight is 270 g/mol. The average Bonchev–Trinajstić information content (AvgIpc) is 2.38. The molecular weight excluding hydrogens is 248 g/mol. The number of rotatable bonds is 5. The Bertz CT molecular complexity index is 552. The number of anilines is 2. The predicted octanol–water partition coefficient (Wildman–Crippen LogP) is 3.69. The van der Waals surface area contributed by atoms with E-state index in [-0.39, 0.29) is 6.10 Å². The maximum absolute atomic E-state index is 5.96. The number of benzene rings is 2. The fourth-order valence-corrected chi connectivity index (χ4v) is 2.11. The van der Waals surface area contributed by atoms with E-state index in [1.165, 1.54) is 5.56 Å². The van der Waals surface area contributed by atoms with Gasteiger partial charge >= 0.3 is 0 Å². The fraction of sp³-hybridized carbons (Fsp3) is 0.294. The molecule has 0 aliphatic rings. The number of ether oxygens (including phenoxy) is 1. The monoisotopic (exact) mass is 270 g/mol. The quantitative estimate of drug-likeness (QED) is 0.842. The molecule has 0 heterocycles. The molecular formula is C17H22N2O. The van der Waals surface area contributed by atoms with Crippen molar-refractivity contribution in [2.45, 2.75) is 26.5 Å². The van der Waals surface area contributed by atoms with Crippen molar-refractivity contribution in [2.24, 2.45) is 0 Å². The Morgan fingerprint density at radius 2 is 1.80 bits per heavy atom. The molecule has 2 aromatic carbocycles. The first-order valence-corrected chi connectivity index (χ1v) is 6.87. The first-order valence-electron chi connectivity index (χ1n) is 6.87. The molecule has 0 fully saturated rings. The molecule has 20 heavy (non-hydrogen) atoms. The lowest BCUT2D eigenvalue weighted by Crippen LogP contribution is -2.17. The zero-order chi connectivity index (χ0) is 14.5. The van der Waals surface area contributed by atoms with E-state index in [0.29, 0.717) is 0 Å². The summed E-state index contributed by atoms with van der Waals surface area (Å²) in [5, 5.41) is 0. The van der Waals surface area contributed by atoms with E-state index in [4.69, 9.17) is 10.5 Å². The van der Waals surface area contributed by atoms with Crippen molar-refractivity contribution in [3.8, 4) is 5.75 Å². The van der Waals surface area contributed by atoms with Crippen LogP contribution in [0, 0.1) is 0 Å². The van der Waals surface area contributed by atoms with E-state index >= 15 is 0 Å². The number of hydrogen-bond donors (Lipinski definition) is 1. The van der Waals surface area contributed by atoms with Gasteiger partial charge in [0.25, 0.3) is 0 Å². The highest BCUT2D eigenvalue weighted by Crippen LogP contribution is 2.26. The molecule has 0 radical (unpaired) electrons. The summed E-state index contributed by atoms with van der Waals surface area (Å²) < 4.78 is 5.73. The van der Waals surface area contributed by atoms with Crippen molar-refractivity contribution < 1.29 is 4.74 Å². The smallest absolute Gasteiger partial charge is 0.123 e. The summed E-state index contributed by atoms with van der Waals surface area (Å²) in [6.07, 6.45) is 0.143. The molecule has 2 N–H and O–H groups in total. The second-order valence-electron chi connectivity index (χ2n) is 5.27. The highest BCUT2D eigenvalue weighted by Gasteiger charge is 2.07. The molecule has 0 bridgehead atoms. The number of nitrogens with zero attached hydrogens (tertiary/aromatic N) is 1. The topological polar surface area (TPSA) is 38.5 Å². The Balaban J connectivity index is 2.16. The minimum Gasteiger partial charge on any atom is -0.491 e. The van der Waals surface area contributed by atoms with Crippen molar-refractivity contribution in [1.29, 1.82) is 0 Å². The summed E-state index contributed by atoms with van der Waals surface area (Å²) in [6.45, 7) is 4.86. The van der Waals surface area contributed by atoms with Gasteiger partial charge in [-0.1, -0.05) is 30.3 Å². The minimum atomic E-state index is 0.143.